The molecule has 0 aromatic heterocycles. The number of nitrogens with zero attached hydrogens (tertiary/aromatic N) is 2. The Morgan fingerprint density at radius 3 is 2.29 bits per heavy atom. The molecule has 3 N–H and O–H groups in total. The van der Waals surface area contributed by atoms with Crippen molar-refractivity contribution in [3.63, 3.8) is 0 Å². The van der Waals surface area contributed by atoms with Crippen molar-refractivity contribution in [3.05, 3.63) is 158 Å². The Hall–Kier alpha value is -5.66. The topological polar surface area (TPSA) is 134 Å². The van der Waals surface area contributed by atoms with Gasteiger partial charge in [-0.3, -0.25) is 4.79 Å². The highest BCUT2D eigenvalue weighted by atomic mass is 35.5. The zero-order valence-electron chi connectivity index (χ0n) is 36.5. The van der Waals surface area contributed by atoms with E-state index in [0.717, 1.165) is 51.4 Å². The first-order valence-electron chi connectivity index (χ1n) is 21.2. The van der Waals surface area contributed by atoms with E-state index >= 15 is 0 Å². The second-order valence-corrected chi connectivity index (χ2v) is 16.1. The minimum absolute atomic E-state index is 0.0626. The number of nitriles is 1. The summed E-state index contributed by atoms with van der Waals surface area (Å²) in [6, 6.07) is 29.5. The normalized spacial score (nSPS) is 16.2. The van der Waals surface area contributed by atoms with Crippen LogP contribution in [0.5, 0.6) is 5.75 Å². The molecule has 0 amide bonds. The van der Waals surface area contributed by atoms with Gasteiger partial charge in [-0.05, 0) is 111 Å². The summed E-state index contributed by atoms with van der Waals surface area (Å²) in [5.41, 5.74) is 6.49. The molecule has 1 heterocycles. The van der Waals surface area contributed by atoms with Gasteiger partial charge >= 0.3 is 11.9 Å². The number of aldehydes is 1. The number of carboxylic acid groups (broad SMARTS) is 1. The highest BCUT2D eigenvalue weighted by molar-refractivity contribution is 6.42. The SMILES string of the molecule is CC.CCOC(=O)c1ccc(CC(C)(C/C=C/C(C#N)=C/C=C2/N(CCC(=O)O)c3ccccc3C2(C)Cc2ccc(OCC)cc2)c2cc(Cl)c(Cl)cc2[NH2+]CCC=O)cc1. The highest BCUT2D eigenvalue weighted by Gasteiger charge is 2.43. The van der Waals surface area contributed by atoms with Crippen LogP contribution in [0, 0.1) is 11.3 Å². The standard InChI is InChI=1S/C49H51Cl2N3O6.C2H6/c1-5-59-38-21-16-35(17-22-38)32-49(4)39-12-7-8-13-44(39)54(27-24-46(56)57)45(49)23-18-36(33-52)11-9-25-48(3,31-34-14-19-37(20-15-34)47(58)60-6-2)40-29-41(50)42(51)30-43(40)53-26-10-28-55;1-2/h7-9,11-23,28-30,53H,5-6,10,24-27,31-32H2,1-4H3,(H,56,57);1-2H3/p+1/b11-9+,36-18-,45-23+;. The number of carboxylic acids is 1. The molecule has 4 aromatic carbocycles. The maximum Gasteiger partial charge on any atom is 0.338 e. The minimum atomic E-state index is -0.896. The maximum absolute atomic E-state index is 12.4. The Labute approximate surface area is 376 Å². The molecule has 0 bridgehead atoms. The van der Waals surface area contributed by atoms with Gasteiger partial charge in [-0.25, -0.2) is 4.79 Å². The Morgan fingerprint density at radius 2 is 1.65 bits per heavy atom. The van der Waals surface area contributed by atoms with Crippen molar-refractivity contribution in [1.82, 2.24) is 0 Å². The van der Waals surface area contributed by atoms with Gasteiger partial charge in [-0.15, -0.1) is 0 Å². The number of quaternary nitrogens is 1. The van der Waals surface area contributed by atoms with Crippen molar-refractivity contribution >= 4 is 52.8 Å². The second kappa shape index (κ2) is 23.5. The number of rotatable bonds is 20. The van der Waals surface area contributed by atoms with Gasteiger partial charge in [-0.2, -0.15) is 5.26 Å². The number of nitrogens with two attached hydrogens (primary N) is 1. The number of hydrogen-bond acceptors (Lipinski definition) is 7. The molecule has 0 spiro atoms. The third-order valence-electron chi connectivity index (χ3n) is 10.9. The molecule has 0 aliphatic carbocycles. The summed E-state index contributed by atoms with van der Waals surface area (Å²) < 4.78 is 10.9. The molecular formula is C51H58Cl2N3O6+. The first-order chi connectivity index (χ1) is 29.8. The molecule has 1 aliphatic rings. The molecule has 0 radical (unpaired) electrons. The fraction of sp³-hybridized carbons (Fsp3) is 0.333. The number of halogens is 2. The molecule has 2 atom stereocenters. The lowest BCUT2D eigenvalue weighted by Gasteiger charge is -2.31. The monoisotopic (exact) mass is 878 g/mol. The summed E-state index contributed by atoms with van der Waals surface area (Å²) in [7, 11) is 0. The van der Waals surface area contributed by atoms with Crippen LogP contribution in [0.25, 0.3) is 0 Å². The Kier molecular flexibility index (Phi) is 18.6. The molecule has 0 saturated carbocycles. The first kappa shape index (κ1) is 49.0. The molecule has 4 aromatic rings. The Bertz CT molecular complexity index is 2300. The van der Waals surface area contributed by atoms with Crippen molar-refractivity contribution in [2.75, 3.05) is 31.2 Å². The van der Waals surface area contributed by atoms with Crippen molar-refractivity contribution in [2.24, 2.45) is 0 Å². The van der Waals surface area contributed by atoms with Crippen molar-refractivity contribution < 1.29 is 34.3 Å². The summed E-state index contributed by atoms with van der Waals surface area (Å²) in [5.74, 6) is -0.493. The number of ether oxygens (including phenoxy) is 2. The van der Waals surface area contributed by atoms with Crippen LogP contribution in [0.3, 0.4) is 0 Å². The van der Waals surface area contributed by atoms with E-state index in [2.05, 4.69) is 43.0 Å². The van der Waals surface area contributed by atoms with Gasteiger partial charge in [0.15, 0.2) is 0 Å². The summed E-state index contributed by atoms with van der Waals surface area (Å²) in [5, 5.41) is 23.0. The number of carbonyl (C=O) groups is 3. The number of benzene rings is 4. The van der Waals surface area contributed by atoms with E-state index in [9.17, 15) is 24.8 Å². The van der Waals surface area contributed by atoms with E-state index in [1.54, 1.807) is 31.2 Å². The number of aliphatic carboxylic acids is 1. The molecule has 11 heteroatoms. The van der Waals surface area contributed by atoms with Gasteiger partial charge in [0.2, 0.25) is 0 Å². The molecule has 2 unspecified atom stereocenters. The van der Waals surface area contributed by atoms with Crippen LogP contribution < -0.4 is 15.0 Å². The molecule has 9 nitrogen and oxygen atoms in total. The number of esters is 1. The smallest absolute Gasteiger partial charge is 0.338 e. The molecular weight excluding hydrogens is 821 g/mol. The van der Waals surface area contributed by atoms with E-state index in [1.807, 2.05) is 92.8 Å². The highest BCUT2D eigenvalue weighted by Crippen LogP contribution is 2.50. The fourth-order valence-corrected chi connectivity index (χ4v) is 8.27. The summed E-state index contributed by atoms with van der Waals surface area (Å²) >= 11 is 13.2. The van der Waals surface area contributed by atoms with Crippen molar-refractivity contribution in [3.8, 4) is 11.8 Å². The predicted octanol–water partition coefficient (Wildman–Crippen LogP) is 10.7. The summed E-state index contributed by atoms with van der Waals surface area (Å²) in [6.07, 6.45) is 10.4. The van der Waals surface area contributed by atoms with E-state index in [4.69, 9.17) is 32.7 Å². The second-order valence-electron chi connectivity index (χ2n) is 15.2. The lowest BCUT2D eigenvalue weighted by Crippen LogP contribution is -2.78. The first-order valence-corrected chi connectivity index (χ1v) is 21.9. The quantitative estimate of drug-likeness (QED) is 0.0224. The fourth-order valence-electron chi connectivity index (χ4n) is 7.93. The molecule has 0 fully saturated rings. The number of carbonyl (C=O) groups excluding carboxylic acids is 2. The van der Waals surface area contributed by atoms with Gasteiger partial charge in [0.05, 0.1) is 59.9 Å². The van der Waals surface area contributed by atoms with Gasteiger partial charge in [-0.1, -0.05) is 92.5 Å². The average molecular weight is 880 g/mol. The van der Waals surface area contributed by atoms with Gasteiger partial charge < -0.3 is 29.6 Å². The molecule has 0 saturated heterocycles. The van der Waals surface area contributed by atoms with E-state index in [1.165, 1.54) is 0 Å². The van der Waals surface area contributed by atoms with Crippen LogP contribution in [0.15, 0.2) is 121 Å². The van der Waals surface area contributed by atoms with Crippen LogP contribution >= 0.6 is 23.2 Å². The number of hydrogen-bond donors (Lipinski definition) is 2. The summed E-state index contributed by atoms with van der Waals surface area (Å²) in [4.78, 5) is 37.6. The third-order valence-corrected chi connectivity index (χ3v) is 11.6. The van der Waals surface area contributed by atoms with Crippen molar-refractivity contribution in [2.45, 2.75) is 84.5 Å². The van der Waals surface area contributed by atoms with Crippen molar-refractivity contribution in [1.29, 1.82) is 5.26 Å². The zero-order valence-corrected chi connectivity index (χ0v) is 38.1. The van der Waals surface area contributed by atoms with Gasteiger partial charge in [0.25, 0.3) is 0 Å². The van der Waals surface area contributed by atoms with Gasteiger partial charge in [0, 0.05) is 40.4 Å². The van der Waals surface area contributed by atoms with Gasteiger partial charge in [0.1, 0.15) is 17.7 Å². The third kappa shape index (κ3) is 12.5. The van der Waals surface area contributed by atoms with E-state index in [-0.39, 0.29) is 25.5 Å². The maximum atomic E-state index is 12.4. The van der Waals surface area contributed by atoms with E-state index in [0.29, 0.717) is 60.0 Å². The largest absolute Gasteiger partial charge is 0.494 e. The van der Waals surface area contributed by atoms with Crippen LogP contribution in [-0.4, -0.2) is 49.6 Å². The molecule has 1 aliphatic heterocycles. The predicted molar refractivity (Wildman–Crippen MR) is 249 cm³/mol. The van der Waals surface area contributed by atoms with Crippen LogP contribution in [0.2, 0.25) is 10.0 Å². The zero-order chi connectivity index (χ0) is 45.3. The lowest BCUT2D eigenvalue weighted by atomic mass is 9.73. The number of anilines is 1. The molecule has 5 rings (SSSR count). The minimum Gasteiger partial charge on any atom is -0.494 e. The average Bonchev–Trinajstić information content (AvgIpc) is 3.50. The number of para-hydroxylation sites is 1. The van der Waals surface area contributed by atoms with E-state index < -0.39 is 16.8 Å². The van der Waals surface area contributed by atoms with Crippen LogP contribution in [0.4, 0.5) is 11.4 Å². The number of fused-ring (bicyclic) bond motifs is 1. The molecule has 326 valence electrons. The Morgan fingerprint density at radius 1 is 0.968 bits per heavy atom. The molecule has 62 heavy (non-hydrogen) atoms. The lowest BCUT2D eigenvalue weighted by molar-refractivity contribution is -0.570. The van der Waals surface area contributed by atoms with Crippen LogP contribution in [0.1, 0.15) is 93.4 Å². The number of allylic oxidation sites excluding steroid dienone is 6. The Balaban J connectivity index is 0.00000416. The summed E-state index contributed by atoms with van der Waals surface area (Å²) in [6.45, 7) is 13.6. The van der Waals surface area contributed by atoms with Crippen LogP contribution in [-0.2, 0) is 38.0 Å².